The van der Waals surface area contributed by atoms with Crippen molar-refractivity contribution < 1.29 is 19.1 Å². The molecule has 0 spiro atoms. The number of carbonyl (C=O) groups is 2. The van der Waals surface area contributed by atoms with Gasteiger partial charge in [-0.3, -0.25) is 9.88 Å². The lowest BCUT2D eigenvalue weighted by Crippen LogP contribution is -2.54. The van der Waals surface area contributed by atoms with Crippen molar-refractivity contribution >= 4 is 28.8 Å². The molecule has 1 aromatic carbocycles. The van der Waals surface area contributed by atoms with E-state index in [0.717, 1.165) is 41.2 Å². The number of H-pyrrole nitrogens is 1. The molecule has 2 N–H and O–H groups in total. The van der Waals surface area contributed by atoms with Crippen LogP contribution in [0.25, 0.3) is 11.0 Å². The van der Waals surface area contributed by atoms with Gasteiger partial charge in [0.25, 0.3) is 0 Å². The van der Waals surface area contributed by atoms with E-state index < -0.39 is 11.6 Å². The number of hydrogen-bond acceptors (Lipinski definition) is 8. The van der Waals surface area contributed by atoms with Crippen LogP contribution in [0.15, 0.2) is 36.5 Å². The molecule has 3 aromatic rings. The molecule has 0 saturated carbocycles. The Morgan fingerprint density at radius 2 is 1.97 bits per heavy atom. The quantitative estimate of drug-likeness (QED) is 0.354. The number of fused-ring (bicyclic) bond motifs is 1. The smallest absolute Gasteiger partial charge is 0.410 e. The number of ether oxygens (including phenoxy) is 2. The molecule has 4 rings (SSSR count). The summed E-state index contributed by atoms with van der Waals surface area (Å²) in [6.07, 6.45) is 2.08. The van der Waals surface area contributed by atoms with Gasteiger partial charge in [-0.2, -0.15) is 0 Å². The van der Waals surface area contributed by atoms with Crippen LogP contribution in [0.1, 0.15) is 62.1 Å². The normalized spacial score (nSPS) is 16.4. The Bertz CT molecular complexity index is 1330. The number of esters is 1. The lowest BCUT2D eigenvalue weighted by Gasteiger charge is -2.40. The molecule has 38 heavy (non-hydrogen) atoms. The topological polar surface area (TPSA) is 124 Å². The van der Waals surface area contributed by atoms with Gasteiger partial charge in [0.15, 0.2) is 0 Å². The second kappa shape index (κ2) is 11.3. The molecule has 0 aliphatic carbocycles. The summed E-state index contributed by atoms with van der Waals surface area (Å²) in [6.45, 7) is 12.1. The van der Waals surface area contributed by atoms with Crippen molar-refractivity contribution in [3.05, 3.63) is 59.2 Å². The standard InChI is InChI=1S/C28H36N6O4/c1-18(29)17-37-26(35)21-6-7-23-24(13-21)32-25(31-23)14-22-12-20(8-9-30-22)16-33-10-11-34(15-19(33)2)27(36)38-28(3,4)5/h6-9,12-13,19,29H,10-11,14-17H2,1-5H3,(H,31,32)/t19-/m1/s1. The van der Waals surface area contributed by atoms with Crippen LogP contribution in [-0.2, 0) is 22.4 Å². The average Bonchev–Trinajstić information content (AvgIpc) is 3.24. The van der Waals surface area contributed by atoms with Crippen molar-refractivity contribution in [3.8, 4) is 0 Å². The molecule has 0 radical (unpaired) electrons. The molecule has 1 atom stereocenters. The number of pyridine rings is 1. The predicted molar refractivity (Wildman–Crippen MR) is 144 cm³/mol. The van der Waals surface area contributed by atoms with E-state index in [2.05, 4.69) is 32.8 Å². The highest BCUT2D eigenvalue weighted by molar-refractivity contribution is 5.95. The van der Waals surface area contributed by atoms with Gasteiger partial charge in [0.2, 0.25) is 0 Å². The number of hydrogen-bond donors (Lipinski definition) is 2. The maximum Gasteiger partial charge on any atom is 0.410 e. The van der Waals surface area contributed by atoms with Crippen molar-refractivity contribution in [1.29, 1.82) is 5.41 Å². The Kier molecular flexibility index (Phi) is 8.11. The summed E-state index contributed by atoms with van der Waals surface area (Å²) < 4.78 is 10.7. The predicted octanol–water partition coefficient (Wildman–Crippen LogP) is 4.19. The van der Waals surface area contributed by atoms with Gasteiger partial charge in [0.05, 0.1) is 16.6 Å². The Labute approximate surface area is 222 Å². The number of nitrogens with one attached hydrogen (secondary N) is 2. The summed E-state index contributed by atoms with van der Waals surface area (Å²) >= 11 is 0. The first-order valence-corrected chi connectivity index (χ1v) is 12.8. The Hall–Kier alpha value is -3.79. The fourth-order valence-electron chi connectivity index (χ4n) is 4.38. The van der Waals surface area contributed by atoms with E-state index in [1.807, 2.05) is 33.0 Å². The number of amides is 1. The first-order chi connectivity index (χ1) is 18.0. The monoisotopic (exact) mass is 520 g/mol. The van der Waals surface area contributed by atoms with Crippen molar-refractivity contribution in [3.63, 3.8) is 0 Å². The van der Waals surface area contributed by atoms with E-state index in [1.54, 1.807) is 30.0 Å². The second-order valence-electron chi connectivity index (χ2n) is 10.8. The van der Waals surface area contributed by atoms with E-state index in [1.165, 1.54) is 0 Å². The third-order valence-electron chi connectivity index (χ3n) is 6.22. The van der Waals surface area contributed by atoms with E-state index in [9.17, 15) is 9.59 Å². The molecular weight excluding hydrogens is 484 g/mol. The highest BCUT2D eigenvalue weighted by Gasteiger charge is 2.29. The first-order valence-electron chi connectivity index (χ1n) is 12.8. The summed E-state index contributed by atoms with van der Waals surface area (Å²) in [5.74, 6) is 0.287. The minimum Gasteiger partial charge on any atom is -0.456 e. The maximum absolute atomic E-state index is 12.5. The number of carbonyl (C=O) groups excluding carboxylic acids is 2. The van der Waals surface area contributed by atoms with Crippen molar-refractivity contribution in [2.24, 2.45) is 0 Å². The molecule has 1 aliphatic heterocycles. The Morgan fingerprint density at radius 1 is 1.18 bits per heavy atom. The first kappa shape index (κ1) is 27.3. The zero-order chi connectivity index (χ0) is 27.4. The number of piperazine rings is 1. The molecule has 1 amide bonds. The van der Waals surface area contributed by atoms with Crippen molar-refractivity contribution in [2.75, 3.05) is 26.2 Å². The molecule has 0 unspecified atom stereocenters. The molecule has 2 aromatic heterocycles. The van der Waals surface area contributed by atoms with E-state index >= 15 is 0 Å². The third kappa shape index (κ3) is 7.16. The van der Waals surface area contributed by atoms with Crippen LogP contribution < -0.4 is 0 Å². The third-order valence-corrected chi connectivity index (χ3v) is 6.22. The summed E-state index contributed by atoms with van der Waals surface area (Å²) in [7, 11) is 0. The Morgan fingerprint density at radius 3 is 2.68 bits per heavy atom. The number of aromatic amines is 1. The summed E-state index contributed by atoms with van der Waals surface area (Å²) in [5.41, 5.74) is 3.74. The summed E-state index contributed by atoms with van der Waals surface area (Å²) in [5, 5.41) is 7.42. The van der Waals surface area contributed by atoms with Crippen LogP contribution in [0.2, 0.25) is 0 Å². The number of aromatic nitrogens is 3. The largest absolute Gasteiger partial charge is 0.456 e. The molecule has 3 heterocycles. The highest BCUT2D eigenvalue weighted by atomic mass is 16.6. The molecular formula is C28H36N6O4. The van der Waals surface area contributed by atoms with E-state index in [-0.39, 0.29) is 24.5 Å². The fourth-order valence-corrected chi connectivity index (χ4v) is 4.38. The summed E-state index contributed by atoms with van der Waals surface area (Å²) in [6, 6.07) is 9.48. The van der Waals surface area contributed by atoms with Gasteiger partial charge in [-0.25, -0.2) is 14.6 Å². The molecule has 202 valence electrons. The van der Waals surface area contributed by atoms with Gasteiger partial charge in [0, 0.05) is 56.2 Å². The second-order valence-corrected chi connectivity index (χ2v) is 10.8. The summed E-state index contributed by atoms with van der Waals surface area (Å²) in [4.78, 5) is 41.3. The van der Waals surface area contributed by atoms with Gasteiger partial charge in [0.1, 0.15) is 18.0 Å². The Balaban J connectivity index is 1.37. The lowest BCUT2D eigenvalue weighted by atomic mass is 10.1. The minimum atomic E-state index is -0.501. The van der Waals surface area contributed by atoms with Gasteiger partial charge < -0.3 is 24.8 Å². The average molecular weight is 521 g/mol. The van der Waals surface area contributed by atoms with Crippen LogP contribution in [0.5, 0.6) is 0 Å². The van der Waals surface area contributed by atoms with E-state index in [4.69, 9.17) is 14.9 Å². The highest BCUT2D eigenvalue weighted by Crippen LogP contribution is 2.19. The minimum absolute atomic E-state index is 0.0225. The molecule has 10 heteroatoms. The van der Waals surface area contributed by atoms with Crippen molar-refractivity contribution in [1.82, 2.24) is 24.8 Å². The molecule has 10 nitrogen and oxygen atoms in total. The number of nitrogens with zero attached hydrogens (tertiary/aromatic N) is 4. The van der Waals surface area contributed by atoms with Crippen LogP contribution in [-0.4, -0.2) is 80.4 Å². The zero-order valence-electron chi connectivity index (χ0n) is 22.7. The molecule has 1 saturated heterocycles. The number of rotatable bonds is 7. The number of benzene rings is 1. The van der Waals surface area contributed by atoms with E-state index in [0.29, 0.717) is 25.1 Å². The maximum atomic E-state index is 12.5. The zero-order valence-corrected chi connectivity index (χ0v) is 22.7. The van der Waals surface area contributed by atoms with Gasteiger partial charge in [-0.1, -0.05) is 0 Å². The molecule has 0 bridgehead atoms. The SMILES string of the molecule is CC(=N)COC(=O)c1ccc2nc(Cc3cc(CN4CCN(C(=O)OC(C)(C)C)C[C@H]4C)ccn3)[nH]c2c1. The van der Waals surface area contributed by atoms with Gasteiger partial charge in [-0.15, -0.1) is 0 Å². The lowest BCUT2D eigenvalue weighted by molar-refractivity contribution is 0.00459. The molecule has 1 aliphatic rings. The van der Waals surface area contributed by atoms with Crippen molar-refractivity contribution in [2.45, 2.75) is 59.2 Å². The fraction of sp³-hybridized carbons (Fsp3) is 0.464. The van der Waals surface area contributed by atoms with Gasteiger partial charge in [-0.05, 0) is 70.5 Å². The van der Waals surface area contributed by atoms with Crippen LogP contribution in [0.3, 0.4) is 0 Å². The van der Waals surface area contributed by atoms with Crippen LogP contribution >= 0.6 is 0 Å². The van der Waals surface area contributed by atoms with Gasteiger partial charge >= 0.3 is 12.1 Å². The number of imidazole rings is 1. The van der Waals surface area contributed by atoms with Crippen LogP contribution in [0.4, 0.5) is 4.79 Å². The molecule has 1 fully saturated rings. The van der Waals surface area contributed by atoms with Crippen LogP contribution in [0, 0.1) is 5.41 Å².